The number of Topliss-reactive ketones (excluding diaryl/α,β-unsaturated/α-hetero) is 1. The zero-order valence-corrected chi connectivity index (χ0v) is 16.2. The highest BCUT2D eigenvalue weighted by atomic mass is 16.5. The number of benzene rings is 2. The van der Waals surface area contributed by atoms with Crippen LogP contribution in [0.1, 0.15) is 30.0 Å². The molecule has 150 valence electrons. The van der Waals surface area contributed by atoms with Crippen molar-refractivity contribution in [3.05, 3.63) is 71.3 Å². The Hall–Kier alpha value is -3.12. The Morgan fingerprint density at radius 1 is 1.14 bits per heavy atom. The minimum absolute atomic E-state index is 0.0729. The standard InChI is InChI=1S/C23H23NO5/c1-28-18-12-6-5-11-17(18)20-19(21(25)15-8-3-2-4-9-15)22(26)23(27)24(20)14-16-10-7-13-29-16/h2-6,8-9,11-12,16,20,25H,7,10,13-14H2,1H3/t16-,20-/m0/s1. The lowest BCUT2D eigenvalue weighted by Crippen LogP contribution is -2.36. The maximum absolute atomic E-state index is 13.0. The van der Waals surface area contributed by atoms with Gasteiger partial charge in [0.25, 0.3) is 11.7 Å². The van der Waals surface area contributed by atoms with Crippen molar-refractivity contribution >= 4 is 17.4 Å². The van der Waals surface area contributed by atoms with E-state index in [4.69, 9.17) is 9.47 Å². The molecule has 2 heterocycles. The van der Waals surface area contributed by atoms with Crippen LogP contribution in [0.2, 0.25) is 0 Å². The highest BCUT2D eigenvalue weighted by Gasteiger charge is 2.47. The fraction of sp³-hybridized carbons (Fsp3) is 0.304. The van der Waals surface area contributed by atoms with Crippen molar-refractivity contribution in [1.82, 2.24) is 4.90 Å². The first-order chi connectivity index (χ1) is 14.1. The molecule has 0 aliphatic carbocycles. The number of ether oxygens (including phenoxy) is 2. The van der Waals surface area contributed by atoms with Crippen molar-refractivity contribution in [1.29, 1.82) is 0 Å². The number of likely N-dealkylation sites (tertiary alicyclic amines) is 1. The molecule has 6 heteroatoms. The van der Waals surface area contributed by atoms with Crippen LogP contribution in [-0.4, -0.2) is 48.1 Å². The van der Waals surface area contributed by atoms with Gasteiger partial charge < -0.3 is 19.5 Å². The zero-order chi connectivity index (χ0) is 20.4. The molecule has 2 aliphatic rings. The molecule has 2 fully saturated rings. The topological polar surface area (TPSA) is 76.1 Å². The summed E-state index contributed by atoms with van der Waals surface area (Å²) in [6.07, 6.45) is 1.64. The Kier molecular flexibility index (Phi) is 5.36. The van der Waals surface area contributed by atoms with Gasteiger partial charge >= 0.3 is 0 Å². The second-order valence-corrected chi connectivity index (χ2v) is 7.19. The lowest BCUT2D eigenvalue weighted by molar-refractivity contribution is -0.140. The highest BCUT2D eigenvalue weighted by molar-refractivity contribution is 6.46. The maximum atomic E-state index is 13.0. The SMILES string of the molecule is COc1ccccc1[C@H]1C(=C(O)c2ccccc2)C(=O)C(=O)N1C[C@@H]1CCCO1. The number of hydrogen-bond donors (Lipinski definition) is 1. The van der Waals surface area contributed by atoms with E-state index in [9.17, 15) is 14.7 Å². The number of aliphatic hydroxyl groups is 1. The third kappa shape index (κ3) is 3.51. The first-order valence-electron chi connectivity index (χ1n) is 9.70. The van der Waals surface area contributed by atoms with Crippen LogP contribution >= 0.6 is 0 Å². The average molecular weight is 393 g/mol. The number of para-hydroxylation sites is 1. The van der Waals surface area contributed by atoms with Gasteiger partial charge in [-0.1, -0.05) is 48.5 Å². The number of carbonyl (C=O) groups is 2. The van der Waals surface area contributed by atoms with Gasteiger partial charge in [-0.05, 0) is 18.9 Å². The highest BCUT2D eigenvalue weighted by Crippen LogP contribution is 2.43. The first-order valence-corrected chi connectivity index (χ1v) is 9.70. The molecule has 0 aromatic heterocycles. The quantitative estimate of drug-likeness (QED) is 0.479. The molecule has 6 nitrogen and oxygen atoms in total. The minimum Gasteiger partial charge on any atom is -0.507 e. The van der Waals surface area contributed by atoms with Crippen molar-refractivity contribution in [2.24, 2.45) is 0 Å². The lowest BCUT2D eigenvalue weighted by Gasteiger charge is -2.28. The van der Waals surface area contributed by atoms with Gasteiger partial charge in [0.2, 0.25) is 0 Å². The predicted octanol–water partition coefficient (Wildman–Crippen LogP) is 3.30. The summed E-state index contributed by atoms with van der Waals surface area (Å²) >= 11 is 0. The van der Waals surface area contributed by atoms with E-state index < -0.39 is 17.7 Å². The van der Waals surface area contributed by atoms with Crippen molar-refractivity contribution in [3.8, 4) is 5.75 Å². The number of nitrogens with zero attached hydrogens (tertiary/aromatic N) is 1. The van der Waals surface area contributed by atoms with Gasteiger partial charge in [-0.2, -0.15) is 0 Å². The summed E-state index contributed by atoms with van der Waals surface area (Å²) in [5, 5.41) is 11.0. The Morgan fingerprint density at radius 2 is 1.86 bits per heavy atom. The van der Waals surface area contributed by atoms with E-state index in [1.54, 1.807) is 37.4 Å². The fourth-order valence-electron chi connectivity index (χ4n) is 4.04. The van der Waals surface area contributed by atoms with Crippen LogP contribution in [0.5, 0.6) is 5.75 Å². The second-order valence-electron chi connectivity index (χ2n) is 7.19. The van der Waals surface area contributed by atoms with E-state index in [0.717, 1.165) is 12.8 Å². The lowest BCUT2D eigenvalue weighted by atomic mass is 9.94. The molecule has 2 aromatic rings. The van der Waals surface area contributed by atoms with E-state index in [0.29, 0.717) is 30.0 Å². The molecule has 4 rings (SSSR count). The summed E-state index contributed by atoms with van der Waals surface area (Å²) < 4.78 is 11.2. The van der Waals surface area contributed by atoms with Crippen LogP contribution in [0.15, 0.2) is 60.2 Å². The predicted molar refractivity (Wildman–Crippen MR) is 107 cm³/mol. The van der Waals surface area contributed by atoms with Gasteiger partial charge in [-0.25, -0.2) is 0 Å². The molecule has 0 saturated carbocycles. The largest absolute Gasteiger partial charge is 0.507 e. The molecule has 0 unspecified atom stereocenters. The summed E-state index contributed by atoms with van der Waals surface area (Å²) in [4.78, 5) is 27.5. The Bertz CT molecular complexity index is 947. The summed E-state index contributed by atoms with van der Waals surface area (Å²) in [7, 11) is 1.54. The third-order valence-corrected chi connectivity index (χ3v) is 5.45. The molecule has 2 aliphatic heterocycles. The summed E-state index contributed by atoms with van der Waals surface area (Å²) in [6, 6.07) is 15.3. The zero-order valence-electron chi connectivity index (χ0n) is 16.2. The van der Waals surface area contributed by atoms with Crippen LogP contribution in [0, 0.1) is 0 Å². The van der Waals surface area contributed by atoms with Crippen LogP contribution in [0.3, 0.4) is 0 Å². The average Bonchev–Trinajstić information content (AvgIpc) is 3.36. The van der Waals surface area contributed by atoms with Gasteiger partial charge in [-0.3, -0.25) is 9.59 Å². The van der Waals surface area contributed by atoms with Gasteiger partial charge in [0, 0.05) is 24.3 Å². The molecule has 0 spiro atoms. The summed E-state index contributed by atoms with van der Waals surface area (Å²) in [6.45, 7) is 0.941. The number of carbonyl (C=O) groups excluding carboxylic acids is 2. The second kappa shape index (κ2) is 8.09. The van der Waals surface area contributed by atoms with Gasteiger partial charge in [0.15, 0.2) is 0 Å². The van der Waals surface area contributed by atoms with Crippen molar-refractivity contribution in [3.63, 3.8) is 0 Å². The van der Waals surface area contributed by atoms with Crippen LogP contribution in [0.25, 0.3) is 5.76 Å². The third-order valence-electron chi connectivity index (χ3n) is 5.45. The molecule has 2 aromatic carbocycles. The summed E-state index contributed by atoms with van der Waals surface area (Å²) in [5.41, 5.74) is 1.22. The fourth-order valence-corrected chi connectivity index (χ4v) is 4.04. The monoisotopic (exact) mass is 393 g/mol. The van der Waals surface area contributed by atoms with Crippen molar-refractivity contribution < 1.29 is 24.2 Å². The van der Waals surface area contributed by atoms with E-state index in [1.165, 1.54) is 4.90 Å². The number of hydrogen-bond acceptors (Lipinski definition) is 5. The van der Waals surface area contributed by atoms with Crippen molar-refractivity contribution in [2.75, 3.05) is 20.3 Å². The Balaban J connectivity index is 1.86. The molecule has 1 amide bonds. The molecule has 1 N–H and O–H groups in total. The minimum atomic E-state index is -0.740. The van der Waals surface area contributed by atoms with Crippen LogP contribution in [0.4, 0.5) is 0 Å². The number of ketones is 1. The van der Waals surface area contributed by atoms with E-state index >= 15 is 0 Å². The van der Waals surface area contributed by atoms with Gasteiger partial charge in [-0.15, -0.1) is 0 Å². The molecule has 0 bridgehead atoms. The number of amides is 1. The molecule has 2 saturated heterocycles. The van der Waals surface area contributed by atoms with Gasteiger partial charge in [0.1, 0.15) is 11.5 Å². The number of methoxy groups -OCH3 is 1. The van der Waals surface area contributed by atoms with Crippen LogP contribution < -0.4 is 4.74 Å². The van der Waals surface area contributed by atoms with E-state index in [-0.39, 0.29) is 17.4 Å². The normalized spacial score (nSPS) is 23.6. The van der Waals surface area contributed by atoms with E-state index in [2.05, 4.69) is 0 Å². The van der Waals surface area contributed by atoms with E-state index in [1.807, 2.05) is 24.3 Å². The summed E-state index contributed by atoms with van der Waals surface area (Å²) in [5.74, 6) is -0.959. The maximum Gasteiger partial charge on any atom is 0.295 e. The molecule has 29 heavy (non-hydrogen) atoms. The van der Waals surface area contributed by atoms with Crippen LogP contribution in [-0.2, 0) is 14.3 Å². The molecular formula is C23H23NO5. The number of rotatable bonds is 5. The number of aliphatic hydroxyl groups excluding tert-OH is 1. The van der Waals surface area contributed by atoms with Gasteiger partial charge in [0.05, 0.1) is 24.8 Å². The first kappa shape index (κ1) is 19.2. The Morgan fingerprint density at radius 3 is 2.55 bits per heavy atom. The van der Waals surface area contributed by atoms with Crippen molar-refractivity contribution in [2.45, 2.75) is 25.0 Å². The smallest absolute Gasteiger partial charge is 0.295 e. The molecular weight excluding hydrogens is 370 g/mol. The Labute approximate surface area is 169 Å². The molecule has 2 atom stereocenters. The molecule has 0 radical (unpaired) electrons.